The van der Waals surface area contributed by atoms with Crippen LogP contribution >= 0.6 is 24.4 Å². The minimum absolute atomic E-state index is 0.387. The smallest absolute Gasteiger partial charge is 0.199 e. The average molecular weight is 288 g/mol. The summed E-state index contributed by atoms with van der Waals surface area (Å²) >= 11 is 10.4. The number of hydrogen-bond donors (Lipinski definition) is 1. The van der Waals surface area contributed by atoms with Crippen molar-refractivity contribution in [3.63, 3.8) is 0 Å². The maximum Gasteiger partial charge on any atom is 0.199 e. The molecule has 1 N–H and O–H groups in total. The average Bonchev–Trinajstić information content (AvgIpc) is 2.34. The minimum Gasteiger partial charge on any atom is -0.326 e. The third kappa shape index (κ3) is 1.87. The standard InChI is InChI=1S/C13H12N4S2/c1-6-4-8-9(5-7(6)2)17(3)11-10(14-8)12(18)16-13(19)15-11/h4-5H,1-3H3,(H,16,18,19). The molecule has 1 aromatic rings. The highest BCUT2D eigenvalue weighted by Gasteiger charge is 2.14. The molecule has 1 aromatic carbocycles. The van der Waals surface area contributed by atoms with Crippen LogP contribution in [-0.4, -0.2) is 19.5 Å². The minimum atomic E-state index is 0.387. The fourth-order valence-electron chi connectivity index (χ4n) is 2.15. The lowest BCUT2D eigenvalue weighted by atomic mass is 10.1. The molecule has 2 aliphatic rings. The molecule has 96 valence electrons. The summed E-state index contributed by atoms with van der Waals surface area (Å²) < 4.78 is 2.91. The van der Waals surface area contributed by atoms with Gasteiger partial charge in [-0.2, -0.15) is 0 Å². The van der Waals surface area contributed by atoms with Gasteiger partial charge in [-0.1, -0.05) is 12.2 Å². The number of aromatic nitrogens is 4. The third-order valence-electron chi connectivity index (χ3n) is 3.36. The number of aryl methyl sites for hydroxylation is 3. The van der Waals surface area contributed by atoms with E-state index in [1.807, 2.05) is 11.6 Å². The van der Waals surface area contributed by atoms with E-state index in [0.29, 0.717) is 20.9 Å². The number of nitrogens with zero attached hydrogens (tertiary/aromatic N) is 3. The highest BCUT2D eigenvalue weighted by atomic mass is 32.1. The number of H-pyrrole nitrogens is 1. The summed E-state index contributed by atoms with van der Waals surface area (Å²) in [5.74, 6) is 0.713. The van der Waals surface area contributed by atoms with Gasteiger partial charge < -0.3 is 9.55 Å². The molecule has 6 heteroatoms. The first-order chi connectivity index (χ1) is 8.97. The zero-order valence-corrected chi connectivity index (χ0v) is 12.4. The zero-order chi connectivity index (χ0) is 13.7. The van der Waals surface area contributed by atoms with Crippen LogP contribution in [-0.2, 0) is 7.05 Å². The molecule has 0 aliphatic carbocycles. The maximum atomic E-state index is 5.28. The van der Waals surface area contributed by atoms with Crippen molar-refractivity contribution in [3.05, 3.63) is 32.7 Å². The fourth-order valence-corrected chi connectivity index (χ4v) is 2.63. The Morgan fingerprint density at radius 3 is 2.53 bits per heavy atom. The number of nitrogens with one attached hydrogen (secondary N) is 1. The molecule has 0 saturated carbocycles. The predicted molar refractivity (Wildman–Crippen MR) is 80.6 cm³/mol. The summed E-state index contributed by atoms with van der Waals surface area (Å²) in [7, 11) is 1.96. The fraction of sp³-hybridized carbons (Fsp3) is 0.231. The van der Waals surface area contributed by atoms with Gasteiger partial charge in [0.2, 0.25) is 0 Å². The first-order valence-electron chi connectivity index (χ1n) is 5.85. The summed E-state index contributed by atoms with van der Waals surface area (Å²) in [5, 5.41) is 0. The topological polar surface area (TPSA) is 46.5 Å². The molecule has 0 unspecified atom stereocenters. The van der Waals surface area contributed by atoms with E-state index >= 15 is 0 Å². The van der Waals surface area contributed by atoms with Crippen molar-refractivity contribution in [3.8, 4) is 11.5 Å². The Morgan fingerprint density at radius 2 is 1.79 bits per heavy atom. The third-order valence-corrected chi connectivity index (χ3v) is 3.85. The highest BCUT2D eigenvalue weighted by molar-refractivity contribution is 7.72. The van der Waals surface area contributed by atoms with Crippen LogP contribution < -0.4 is 0 Å². The molecular formula is C13H12N4S2. The van der Waals surface area contributed by atoms with E-state index in [9.17, 15) is 0 Å². The van der Waals surface area contributed by atoms with Crippen LogP contribution in [0.25, 0.3) is 22.6 Å². The van der Waals surface area contributed by atoms with Crippen LogP contribution in [0.1, 0.15) is 11.1 Å². The maximum absolute atomic E-state index is 5.28. The molecule has 0 fully saturated rings. The van der Waals surface area contributed by atoms with Gasteiger partial charge in [-0.15, -0.1) is 0 Å². The number of fused-ring (bicyclic) bond motifs is 2. The van der Waals surface area contributed by atoms with Gasteiger partial charge in [0, 0.05) is 7.05 Å². The van der Waals surface area contributed by atoms with E-state index < -0.39 is 0 Å². The van der Waals surface area contributed by atoms with Crippen LogP contribution in [0.5, 0.6) is 0 Å². The van der Waals surface area contributed by atoms with Gasteiger partial charge in [0.1, 0.15) is 10.3 Å². The lowest BCUT2D eigenvalue weighted by Gasteiger charge is -2.14. The summed E-state index contributed by atoms with van der Waals surface area (Å²) in [4.78, 5) is 11.8. The predicted octanol–water partition coefficient (Wildman–Crippen LogP) is 3.48. The first-order valence-corrected chi connectivity index (χ1v) is 6.67. The van der Waals surface area contributed by atoms with Crippen molar-refractivity contribution in [1.82, 2.24) is 19.5 Å². The normalized spacial score (nSPS) is 11.3. The van der Waals surface area contributed by atoms with Crippen LogP contribution in [0.2, 0.25) is 0 Å². The molecule has 0 bridgehead atoms. The quantitative estimate of drug-likeness (QED) is 0.508. The molecular weight excluding hydrogens is 276 g/mol. The molecule has 4 nitrogen and oxygen atoms in total. The van der Waals surface area contributed by atoms with E-state index in [-0.39, 0.29) is 0 Å². The monoisotopic (exact) mass is 288 g/mol. The Bertz CT molecular complexity index is 892. The molecule has 19 heavy (non-hydrogen) atoms. The summed E-state index contributed by atoms with van der Waals surface area (Å²) in [6.07, 6.45) is 0. The Kier molecular flexibility index (Phi) is 2.72. The Hall–Kier alpha value is -1.66. The lowest BCUT2D eigenvalue weighted by Crippen LogP contribution is -2.08. The number of benzene rings is 1. The molecule has 2 aliphatic heterocycles. The largest absolute Gasteiger partial charge is 0.326 e. The van der Waals surface area contributed by atoms with Crippen molar-refractivity contribution in [2.75, 3.05) is 0 Å². The Morgan fingerprint density at radius 1 is 1.11 bits per heavy atom. The van der Waals surface area contributed by atoms with Crippen molar-refractivity contribution >= 4 is 35.5 Å². The molecule has 0 aromatic heterocycles. The molecule has 0 spiro atoms. The summed E-state index contributed by atoms with van der Waals surface area (Å²) in [6, 6.07) is 4.18. The summed E-state index contributed by atoms with van der Waals surface area (Å²) in [5.41, 5.74) is 5.06. The van der Waals surface area contributed by atoms with Crippen LogP contribution in [0.3, 0.4) is 0 Å². The van der Waals surface area contributed by atoms with E-state index in [4.69, 9.17) is 24.4 Å². The van der Waals surface area contributed by atoms with Gasteiger partial charge in [0.05, 0.1) is 11.0 Å². The van der Waals surface area contributed by atoms with Gasteiger partial charge in [0.25, 0.3) is 0 Å². The van der Waals surface area contributed by atoms with Crippen LogP contribution in [0.15, 0.2) is 12.1 Å². The van der Waals surface area contributed by atoms with Crippen LogP contribution in [0, 0.1) is 23.3 Å². The van der Waals surface area contributed by atoms with Crippen molar-refractivity contribution in [2.24, 2.45) is 7.05 Å². The number of aromatic amines is 1. The molecule has 0 saturated heterocycles. The van der Waals surface area contributed by atoms with Gasteiger partial charge >= 0.3 is 0 Å². The number of rotatable bonds is 0. The second kappa shape index (κ2) is 4.18. The van der Waals surface area contributed by atoms with E-state index in [1.165, 1.54) is 11.1 Å². The molecule has 2 heterocycles. The van der Waals surface area contributed by atoms with Gasteiger partial charge in [0.15, 0.2) is 10.6 Å². The van der Waals surface area contributed by atoms with Gasteiger partial charge in [-0.3, -0.25) is 0 Å². The van der Waals surface area contributed by atoms with E-state index in [0.717, 1.165) is 11.0 Å². The molecule has 0 atom stereocenters. The summed E-state index contributed by atoms with van der Waals surface area (Å²) in [6.45, 7) is 4.16. The molecule has 0 radical (unpaired) electrons. The molecule has 0 amide bonds. The van der Waals surface area contributed by atoms with Crippen molar-refractivity contribution < 1.29 is 0 Å². The second-order valence-corrected chi connectivity index (χ2v) is 5.43. The lowest BCUT2D eigenvalue weighted by molar-refractivity contribution is 0.888. The van der Waals surface area contributed by atoms with Crippen LogP contribution in [0.4, 0.5) is 0 Å². The highest BCUT2D eigenvalue weighted by Crippen LogP contribution is 2.24. The Balaban J connectivity index is 2.60. The SMILES string of the molecule is Cc1cc2nc3c(=S)[nH]c(=S)nc-3n(C)c2cc1C. The Labute approximate surface area is 120 Å². The first kappa shape index (κ1) is 12.4. The van der Waals surface area contributed by atoms with E-state index in [1.54, 1.807) is 0 Å². The number of hydrogen-bond acceptors (Lipinski definition) is 4. The second-order valence-electron chi connectivity index (χ2n) is 4.64. The van der Waals surface area contributed by atoms with Crippen molar-refractivity contribution in [1.29, 1.82) is 0 Å². The van der Waals surface area contributed by atoms with Gasteiger partial charge in [-0.05, 0) is 49.3 Å². The zero-order valence-electron chi connectivity index (χ0n) is 10.8. The molecule has 3 rings (SSSR count). The van der Waals surface area contributed by atoms with Gasteiger partial charge in [-0.25, -0.2) is 9.97 Å². The van der Waals surface area contributed by atoms with Crippen molar-refractivity contribution in [2.45, 2.75) is 13.8 Å². The van der Waals surface area contributed by atoms with E-state index in [2.05, 4.69) is 40.9 Å².